The number of hydrogen-bond donors (Lipinski definition) is 6. The Morgan fingerprint density at radius 3 is 2.07 bits per heavy atom. The van der Waals surface area contributed by atoms with Gasteiger partial charge in [-0.3, -0.25) is 28.9 Å². The van der Waals surface area contributed by atoms with E-state index >= 15 is 0 Å². The van der Waals surface area contributed by atoms with Crippen molar-refractivity contribution in [1.82, 2.24) is 31.1 Å². The van der Waals surface area contributed by atoms with Crippen molar-refractivity contribution in [2.75, 3.05) is 53.0 Å². The smallest absolute Gasteiger partial charge is 0.245 e. The van der Waals surface area contributed by atoms with Gasteiger partial charge in [-0.15, -0.1) is 0 Å². The molecule has 1 saturated carbocycles. The number of amides is 5. The molecule has 0 spiro atoms. The van der Waals surface area contributed by atoms with Gasteiger partial charge in [0.1, 0.15) is 24.2 Å². The maximum Gasteiger partial charge on any atom is 0.245 e. The number of nitrogens with one attached hydrogen (secondary N) is 4. The fourth-order valence-corrected chi connectivity index (χ4v) is 7.78. The molecule has 5 amide bonds. The van der Waals surface area contributed by atoms with E-state index in [-0.39, 0.29) is 37.7 Å². The van der Waals surface area contributed by atoms with Crippen molar-refractivity contribution in [3.05, 3.63) is 0 Å². The van der Waals surface area contributed by atoms with Crippen LogP contribution in [0, 0.1) is 11.8 Å². The van der Waals surface area contributed by atoms with Crippen LogP contribution in [0.2, 0.25) is 0 Å². The Bertz CT molecular complexity index is 1180. The van der Waals surface area contributed by atoms with E-state index < -0.39 is 65.9 Å². The first kappa shape index (κ1) is 45.5. The van der Waals surface area contributed by atoms with E-state index in [2.05, 4.69) is 33.1 Å². The fourth-order valence-electron chi connectivity index (χ4n) is 7.78. The van der Waals surface area contributed by atoms with Crippen molar-refractivity contribution >= 4 is 29.5 Å². The number of hydrogen-bond acceptors (Lipinski definition) is 10. The van der Waals surface area contributed by atoms with Gasteiger partial charge in [0, 0.05) is 45.8 Å². The highest BCUT2D eigenvalue weighted by Crippen LogP contribution is 2.27. The molecule has 0 unspecified atom stereocenters. The molecule has 3 aliphatic rings. The van der Waals surface area contributed by atoms with Gasteiger partial charge in [0.2, 0.25) is 29.5 Å². The maximum atomic E-state index is 14.2. The van der Waals surface area contributed by atoms with Gasteiger partial charge in [0.25, 0.3) is 0 Å². The fraction of sp³-hybridized carbons (Fsp3) is 0.872. The van der Waals surface area contributed by atoms with Crippen LogP contribution in [0.5, 0.6) is 0 Å². The lowest BCUT2D eigenvalue weighted by atomic mass is 9.90. The molecule has 0 radical (unpaired) electrons. The largest absolute Gasteiger partial charge is 0.375 e. The van der Waals surface area contributed by atoms with E-state index in [9.17, 15) is 24.0 Å². The zero-order chi connectivity index (χ0) is 39.6. The second-order valence-corrected chi connectivity index (χ2v) is 15.8. The monoisotopic (exact) mass is 765 g/mol. The van der Waals surface area contributed by atoms with Crippen LogP contribution in [0.3, 0.4) is 0 Å². The summed E-state index contributed by atoms with van der Waals surface area (Å²) < 4.78 is 12.5. The van der Waals surface area contributed by atoms with Crippen LogP contribution in [0.25, 0.3) is 0 Å². The number of nitrogens with zero attached hydrogens (tertiary/aromatic N) is 2. The van der Waals surface area contributed by atoms with Gasteiger partial charge in [-0.1, -0.05) is 78.6 Å². The molecular weight excluding hydrogens is 692 g/mol. The topological polar surface area (TPSA) is 210 Å². The summed E-state index contributed by atoms with van der Waals surface area (Å²) in [5.41, 5.74) is 11.7. The van der Waals surface area contributed by atoms with Crippen LogP contribution in [0.1, 0.15) is 111 Å². The first-order valence-electron chi connectivity index (χ1n) is 20.8. The SMILES string of the molecule is CCCCCC[C@H]1OC[C@@H](C)NC(=O)[C@H](COC2CN(CCN)C2)NC(=O)[C@H](CN)NC(=O)[C@H](C2CCCCCC2)NC(=O)[C@H](CCC)N(C)C(=O)[C@@H]1C. The Kier molecular flexibility index (Phi) is 20.2. The number of likely N-dealkylation sites (N-methyl/N-ethyl adjacent to an activating group) is 1. The number of carbonyl (C=O) groups is 5. The average Bonchev–Trinajstić information content (AvgIpc) is 3.43. The van der Waals surface area contributed by atoms with Gasteiger partial charge < -0.3 is 47.1 Å². The predicted octanol–water partition coefficient (Wildman–Crippen LogP) is 1.17. The molecule has 1 aliphatic carbocycles. The minimum Gasteiger partial charge on any atom is -0.375 e. The van der Waals surface area contributed by atoms with Gasteiger partial charge in [-0.05, 0) is 38.5 Å². The van der Waals surface area contributed by atoms with Crippen LogP contribution in [-0.4, -0.2) is 135 Å². The van der Waals surface area contributed by atoms with E-state index in [0.717, 1.165) is 70.8 Å². The van der Waals surface area contributed by atoms with Gasteiger partial charge in [0.05, 0.1) is 31.3 Å². The summed E-state index contributed by atoms with van der Waals surface area (Å²) in [4.78, 5) is 73.6. The molecule has 8 N–H and O–H groups in total. The molecule has 15 nitrogen and oxygen atoms in total. The van der Waals surface area contributed by atoms with Crippen molar-refractivity contribution < 1.29 is 33.4 Å². The van der Waals surface area contributed by atoms with Gasteiger partial charge in [0.15, 0.2) is 0 Å². The molecule has 54 heavy (non-hydrogen) atoms. The standard InChI is InChI=1S/C39H72N8O7/c1-6-8-9-14-18-33-27(4)39(52)46(5)32(15-7-2)37(50)45-34(28-16-12-10-11-13-17-28)38(51)43-30(21-41)35(48)44-31(36(49)42-26(3)24-54-33)25-53-29-22-47(23-29)20-19-40/h26-34H,6-25,40-41H2,1-5H3,(H,42,49)(H,43,51)(H,44,48)(H,45,50)/t26-,27-,30+,31+,32+,33-,34+/m1/s1. The highest BCUT2D eigenvalue weighted by molar-refractivity contribution is 5.96. The Hall–Kier alpha value is -2.85. The molecular formula is C39H72N8O7. The van der Waals surface area contributed by atoms with Crippen molar-refractivity contribution in [1.29, 1.82) is 0 Å². The lowest BCUT2D eigenvalue weighted by Crippen LogP contribution is -2.62. The molecule has 0 aromatic heterocycles. The molecule has 7 atom stereocenters. The van der Waals surface area contributed by atoms with Crippen molar-refractivity contribution in [2.45, 2.75) is 154 Å². The third kappa shape index (κ3) is 14.0. The van der Waals surface area contributed by atoms with E-state index in [4.69, 9.17) is 20.9 Å². The van der Waals surface area contributed by atoms with E-state index in [1.54, 1.807) is 7.05 Å². The van der Waals surface area contributed by atoms with Crippen molar-refractivity contribution in [3.8, 4) is 0 Å². The lowest BCUT2D eigenvalue weighted by Gasteiger charge is -2.39. The van der Waals surface area contributed by atoms with Crippen LogP contribution in [-0.2, 0) is 33.4 Å². The van der Waals surface area contributed by atoms with Gasteiger partial charge in [-0.25, -0.2) is 0 Å². The third-order valence-electron chi connectivity index (χ3n) is 11.2. The zero-order valence-corrected chi connectivity index (χ0v) is 33.7. The van der Waals surface area contributed by atoms with Crippen LogP contribution in [0.15, 0.2) is 0 Å². The van der Waals surface area contributed by atoms with Crippen LogP contribution < -0.4 is 32.7 Å². The predicted molar refractivity (Wildman–Crippen MR) is 208 cm³/mol. The van der Waals surface area contributed by atoms with Crippen LogP contribution >= 0.6 is 0 Å². The molecule has 3 fully saturated rings. The molecule has 0 aromatic rings. The van der Waals surface area contributed by atoms with E-state index in [0.29, 0.717) is 38.9 Å². The highest BCUT2D eigenvalue weighted by Gasteiger charge is 2.39. The lowest BCUT2D eigenvalue weighted by molar-refractivity contribution is -0.147. The molecule has 2 saturated heterocycles. The number of carbonyl (C=O) groups excluding carboxylic acids is 5. The number of nitrogens with two attached hydrogens (primary N) is 2. The minimum absolute atomic E-state index is 0.0883. The molecule has 2 aliphatic heterocycles. The molecule has 3 rings (SSSR count). The Labute approximate surface area is 323 Å². The summed E-state index contributed by atoms with van der Waals surface area (Å²) in [5, 5.41) is 11.6. The summed E-state index contributed by atoms with van der Waals surface area (Å²) in [7, 11) is 1.65. The summed E-state index contributed by atoms with van der Waals surface area (Å²) in [6.45, 7) is 10.2. The van der Waals surface area contributed by atoms with Crippen molar-refractivity contribution in [3.63, 3.8) is 0 Å². The maximum absolute atomic E-state index is 14.2. The van der Waals surface area contributed by atoms with Gasteiger partial charge >= 0.3 is 0 Å². The molecule has 15 heteroatoms. The first-order chi connectivity index (χ1) is 25.9. The highest BCUT2D eigenvalue weighted by atomic mass is 16.5. The quantitative estimate of drug-likeness (QED) is 0.110. The van der Waals surface area contributed by atoms with Crippen LogP contribution in [0.4, 0.5) is 0 Å². The number of rotatable bonds is 14. The first-order valence-corrected chi connectivity index (χ1v) is 20.8. The van der Waals surface area contributed by atoms with Crippen molar-refractivity contribution in [2.24, 2.45) is 23.3 Å². The van der Waals surface area contributed by atoms with Gasteiger partial charge in [-0.2, -0.15) is 0 Å². The summed E-state index contributed by atoms with van der Waals surface area (Å²) in [5.74, 6) is -2.96. The molecule has 310 valence electrons. The Morgan fingerprint density at radius 2 is 1.44 bits per heavy atom. The Balaban J connectivity index is 1.96. The summed E-state index contributed by atoms with van der Waals surface area (Å²) in [6.07, 6.45) is 10.5. The summed E-state index contributed by atoms with van der Waals surface area (Å²) in [6, 6.07) is -4.46. The number of ether oxygens (including phenoxy) is 2. The second kappa shape index (κ2) is 23.9. The summed E-state index contributed by atoms with van der Waals surface area (Å²) >= 11 is 0. The zero-order valence-electron chi connectivity index (χ0n) is 33.7. The molecule has 2 heterocycles. The molecule has 0 bridgehead atoms. The average molecular weight is 765 g/mol. The number of likely N-dealkylation sites (tertiary alicyclic amines) is 1. The third-order valence-corrected chi connectivity index (χ3v) is 11.2. The van der Waals surface area contributed by atoms with E-state index in [1.165, 1.54) is 4.90 Å². The van der Waals surface area contributed by atoms with E-state index in [1.807, 2.05) is 20.8 Å². The molecule has 0 aromatic carbocycles. The second-order valence-electron chi connectivity index (χ2n) is 15.8. The minimum atomic E-state index is -1.17. The Morgan fingerprint density at radius 1 is 0.778 bits per heavy atom. The number of unbranched alkanes of at least 4 members (excludes halogenated alkanes) is 3. The normalized spacial score (nSPS) is 29.9.